The lowest BCUT2D eigenvalue weighted by Crippen LogP contribution is -2.57. The van der Waals surface area contributed by atoms with Crippen molar-refractivity contribution in [2.45, 2.75) is 32.4 Å². The first-order valence-electron chi connectivity index (χ1n) is 6.86. The van der Waals surface area contributed by atoms with Crippen LogP contribution in [0.2, 0.25) is 5.02 Å². The first-order chi connectivity index (χ1) is 9.78. The number of benzene rings is 1. The molecule has 6 heteroatoms. The van der Waals surface area contributed by atoms with Crippen LogP contribution >= 0.6 is 11.6 Å². The van der Waals surface area contributed by atoms with Gasteiger partial charge in [-0.2, -0.15) is 0 Å². The molecule has 1 N–H and O–H groups in total. The highest BCUT2D eigenvalue weighted by molar-refractivity contribution is 6.30. The highest BCUT2D eigenvalue weighted by Gasteiger charge is 2.33. The van der Waals surface area contributed by atoms with E-state index >= 15 is 0 Å². The third kappa shape index (κ3) is 4.17. The van der Waals surface area contributed by atoms with Crippen molar-refractivity contribution in [2.75, 3.05) is 25.5 Å². The van der Waals surface area contributed by atoms with Crippen molar-refractivity contribution in [1.82, 2.24) is 4.90 Å². The SMILES string of the molecule is COc1ccc(Cl)cc1NC1CN(C(=O)OC(C)(C)C)C1. The fourth-order valence-corrected chi connectivity index (χ4v) is 2.23. The van der Waals surface area contributed by atoms with Crippen LogP contribution in [0, 0.1) is 0 Å². The Labute approximate surface area is 130 Å². The predicted octanol–water partition coefficient (Wildman–Crippen LogP) is 3.38. The summed E-state index contributed by atoms with van der Waals surface area (Å²) >= 11 is 5.99. The van der Waals surface area contributed by atoms with E-state index in [4.69, 9.17) is 21.1 Å². The number of anilines is 1. The van der Waals surface area contributed by atoms with Crippen molar-refractivity contribution in [3.05, 3.63) is 23.2 Å². The van der Waals surface area contributed by atoms with Gasteiger partial charge in [-0.05, 0) is 39.0 Å². The van der Waals surface area contributed by atoms with Gasteiger partial charge in [-0.1, -0.05) is 11.6 Å². The average Bonchev–Trinajstić information content (AvgIpc) is 2.31. The Bertz CT molecular complexity index is 522. The minimum atomic E-state index is -0.466. The summed E-state index contributed by atoms with van der Waals surface area (Å²) < 4.78 is 10.6. The average molecular weight is 313 g/mol. The molecule has 0 aromatic heterocycles. The van der Waals surface area contributed by atoms with Crippen LogP contribution in [0.4, 0.5) is 10.5 Å². The Hall–Kier alpha value is -1.62. The molecule has 0 atom stereocenters. The molecule has 0 aliphatic carbocycles. The van der Waals surface area contributed by atoms with Gasteiger partial charge in [0.2, 0.25) is 0 Å². The van der Waals surface area contributed by atoms with Gasteiger partial charge in [0.1, 0.15) is 11.4 Å². The molecule has 1 aliphatic heterocycles. The molecule has 5 nitrogen and oxygen atoms in total. The maximum Gasteiger partial charge on any atom is 0.410 e. The van der Waals surface area contributed by atoms with Gasteiger partial charge in [0.15, 0.2) is 0 Å². The molecule has 0 spiro atoms. The molecule has 1 aromatic rings. The largest absolute Gasteiger partial charge is 0.495 e. The number of nitrogens with zero attached hydrogens (tertiary/aromatic N) is 1. The Morgan fingerprint density at radius 2 is 2.05 bits per heavy atom. The van der Waals surface area contributed by atoms with E-state index in [-0.39, 0.29) is 12.1 Å². The second kappa shape index (κ2) is 6.02. The summed E-state index contributed by atoms with van der Waals surface area (Å²) in [5.74, 6) is 0.732. The van der Waals surface area contributed by atoms with E-state index < -0.39 is 5.60 Å². The molecule has 2 rings (SSSR count). The number of carbonyl (C=O) groups is 1. The predicted molar refractivity (Wildman–Crippen MR) is 83.2 cm³/mol. The van der Waals surface area contributed by atoms with Crippen molar-refractivity contribution >= 4 is 23.4 Å². The van der Waals surface area contributed by atoms with Gasteiger partial charge in [0.25, 0.3) is 0 Å². The van der Waals surface area contributed by atoms with Gasteiger partial charge < -0.3 is 19.7 Å². The van der Waals surface area contributed by atoms with Gasteiger partial charge >= 0.3 is 6.09 Å². The highest BCUT2D eigenvalue weighted by Crippen LogP contribution is 2.29. The van der Waals surface area contributed by atoms with E-state index in [1.54, 1.807) is 18.1 Å². The van der Waals surface area contributed by atoms with E-state index in [0.29, 0.717) is 18.1 Å². The number of hydrogen-bond acceptors (Lipinski definition) is 4. The molecular weight excluding hydrogens is 292 g/mol. The standard InChI is InChI=1S/C15H21ClN2O3/c1-15(2,3)21-14(19)18-8-11(9-18)17-12-7-10(16)5-6-13(12)20-4/h5-7,11,17H,8-9H2,1-4H3. The van der Waals surface area contributed by atoms with Crippen molar-refractivity contribution in [2.24, 2.45) is 0 Å². The zero-order valence-corrected chi connectivity index (χ0v) is 13.5. The fraction of sp³-hybridized carbons (Fsp3) is 0.533. The molecular formula is C15H21ClN2O3. The van der Waals surface area contributed by atoms with Crippen LogP contribution < -0.4 is 10.1 Å². The van der Waals surface area contributed by atoms with Crippen LogP contribution in [0.25, 0.3) is 0 Å². The second-order valence-corrected chi connectivity index (χ2v) is 6.51. The Kier molecular flexibility index (Phi) is 4.52. The molecule has 1 fully saturated rings. The van der Waals surface area contributed by atoms with Crippen molar-refractivity contribution in [1.29, 1.82) is 0 Å². The Morgan fingerprint density at radius 1 is 1.38 bits per heavy atom. The molecule has 0 saturated carbocycles. The molecule has 21 heavy (non-hydrogen) atoms. The lowest BCUT2D eigenvalue weighted by atomic mass is 10.1. The van der Waals surface area contributed by atoms with E-state index in [1.807, 2.05) is 32.9 Å². The van der Waals surface area contributed by atoms with E-state index in [0.717, 1.165) is 11.4 Å². The van der Waals surface area contributed by atoms with Crippen molar-refractivity contribution in [3.63, 3.8) is 0 Å². The number of methoxy groups -OCH3 is 1. The van der Waals surface area contributed by atoms with E-state index in [9.17, 15) is 4.79 Å². The van der Waals surface area contributed by atoms with Crippen molar-refractivity contribution < 1.29 is 14.3 Å². The Balaban J connectivity index is 1.88. The van der Waals surface area contributed by atoms with Crippen molar-refractivity contribution in [3.8, 4) is 5.75 Å². The third-order valence-corrected chi connectivity index (χ3v) is 3.29. The Morgan fingerprint density at radius 3 is 2.62 bits per heavy atom. The third-order valence-electron chi connectivity index (χ3n) is 3.05. The highest BCUT2D eigenvalue weighted by atomic mass is 35.5. The molecule has 1 aliphatic rings. The lowest BCUT2D eigenvalue weighted by Gasteiger charge is -2.40. The minimum absolute atomic E-state index is 0.171. The van der Waals surface area contributed by atoms with Crippen LogP contribution in [0.15, 0.2) is 18.2 Å². The zero-order chi connectivity index (χ0) is 15.6. The molecule has 1 amide bonds. The van der Waals surface area contributed by atoms with Gasteiger partial charge in [-0.3, -0.25) is 0 Å². The summed E-state index contributed by atoms with van der Waals surface area (Å²) in [6.07, 6.45) is -0.279. The molecule has 0 radical (unpaired) electrons. The van der Waals surface area contributed by atoms with E-state index in [1.165, 1.54) is 0 Å². The van der Waals surface area contributed by atoms with Crippen LogP contribution in [-0.4, -0.2) is 42.8 Å². The lowest BCUT2D eigenvalue weighted by molar-refractivity contribution is 0.0105. The summed E-state index contributed by atoms with van der Waals surface area (Å²) in [5, 5.41) is 3.97. The number of ether oxygens (including phenoxy) is 2. The summed E-state index contributed by atoms with van der Waals surface area (Å²) in [5.41, 5.74) is 0.366. The number of hydrogen-bond donors (Lipinski definition) is 1. The van der Waals surface area contributed by atoms with Gasteiger partial charge in [-0.15, -0.1) is 0 Å². The summed E-state index contributed by atoms with van der Waals surface area (Å²) in [7, 11) is 1.61. The summed E-state index contributed by atoms with van der Waals surface area (Å²) in [6, 6.07) is 5.58. The second-order valence-electron chi connectivity index (χ2n) is 6.07. The first kappa shape index (κ1) is 15.8. The maximum atomic E-state index is 11.8. The zero-order valence-electron chi connectivity index (χ0n) is 12.8. The smallest absolute Gasteiger partial charge is 0.410 e. The monoisotopic (exact) mass is 312 g/mol. The van der Waals surface area contributed by atoms with Crippen LogP contribution in [0.1, 0.15) is 20.8 Å². The quantitative estimate of drug-likeness (QED) is 0.929. The maximum absolute atomic E-state index is 11.8. The number of nitrogens with one attached hydrogen (secondary N) is 1. The number of carbonyl (C=O) groups excluding carboxylic acids is 1. The van der Waals surface area contributed by atoms with Gasteiger partial charge in [0.05, 0.1) is 18.8 Å². The first-order valence-corrected chi connectivity index (χ1v) is 7.24. The molecule has 1 aromatic carbocycles. The van der Waals surface area contributed by atoms with Gasteiger partial charge in [-0.25, -0.2) is 4.79 Å². The molecule has 1 heterocycles. The molecule has 0 bridgehead atoms. The molecule has 1 saturated heterocycles. The minimum Gasteiger partial charge on any atom is -0.495 e. The van der Waals surface area contributed by atoms with E-state index in [2.05, 4.69) is 5.32 Å². The van der Waals surface area contributed by atoms with Crippen LogP contribution in [0.3, 0.4) is 0 Å². The van der Waals surface area contributed by atoms with Crippen LogP contribution in [-0.2, 0) is 4.74 Å². The topological polar surface area (TPSA) is 50.8 Å². The van der Waals surface area contributed by atoms with Gasteiger partial charge in [0, 0.05) is 18.1 Å². The number of likely N-dealkylation sites (tertiary alicyclic amines) is 1. The number of halogens is 1. The molecule has 0 unspecified atom stereocenters. The number of amides is 1. The van der Waals surface area contributed by atoms with Crippen LogP contribution in [0.5, 0.6) is 5.75 Å². The summed E-state index contributed by atoms with van der Waals surface area (Å²) in [6.45, 7) is 6.78. The number of rotatable bonds is 3. The fourth-order valence-electron chi connectivity index (χ4n) is 2.06. The molecule has 116 valence electrons. The summed E-state index contributed by atoms with van der Waals surface area (Å²) in [4.78, 5) is 13.5. The normalized spacial score (nSPS) is 15.4.